The SMILES string of the molecule is CC(NC(=O)O)c1nc2cccc(Cl)c2c(=O)n1CCCS(C)(=O)=O.C[C](C)C. The fourth-order valence-corrected chi connectivity index (χ4v) is 3.43. The van der Waals surface area contributed by atoms with Crippen molar-refractivity contribution in [3.63, 3.8) is 0 Å². The van der Waals surface area contributed by atoms with E-state index in [0.717, 1.165) is 6.26 Å². The number of rotatable bonds is 6. The van der Waals surface area contributed by atoms with E-state index in [2.05, 4.69) is 31.1 Å². The molecule has 1 atom stereocenters. The lowest BCUT2D eigenvalue weighted by Crippen LogP contribution is -2.33. The molecular formula is C19H27ClN3O5S. The molecule has 2 aromatic rings. The van der Waals surface area contributed by atoms with Gasteiger partial charge < -0.3 is 10.4 Å². The van der Waals surface area contributed by atoms with Crippen LogP contribution in [-0.4, -0.2) is 41.2 Å². The number of hydrogen-bond donors (Lipinski definition) is 2. The fraction of sp³-hybridized carbons (Fsp3) is 0.474. The Balaban J connectivity index is 0.000000960. The van der Waals surface area contributed by atoms with Gasteiger partial charge in [0.2, 0.25) is 0 Å². The van der Waals surface area contributed by atoms with Crippen LogP contribution in [0.2, 0.25) is 5.02 Å². The minimum atomic E-state index is -3.18. The third kappa shape index (κ3) is 8.02. The molecule has 0 aliphatic heterocycles. The molecule has 29 heavy (non-hydrogen) atoms. The van der Waals surface area contributed by atoms with Gasteiger partial charge in [0.05, 0.1) is 27.7 Å². The van der Waals surface area contributed by atoms with E-state index in [9.17, 15) is 18.0 Å². The van der Waals surface area contributed by atoms with Gasteiger partial charge in [0.25, 0.3) is 5.56 Å². The van der Waals surface area contributed by atoms with Crippen molar-refractivity contribution in [3.05, 3.63) is 45.3 Å². The third-order valence-electron chi connectivity index (χ3n) is 3.59. The summed E-state index contributed by atoms with van der Waals surface area (Å²) in [5.41, 5.74) is -0.0796. The third-order valence-corrected chi connectivity index (χ3v) is 4.93. The number of benzene rings is 1. The fourth-order valence-electron chi connectivity index (χ4n) is 2.52. The van der Waals surface area contributed by atoms with Crippen LogP contribution in [0.3, 0.4) is 0 Å². The summed E-state index contributed by atoms with van der Waals surface area (Å²) >= 11 is 6.10. The average Bonchev–Trinajstić information content (AvgIpc) is 2.54. The van der Waals surface area contributed by atoms with E-state index in [0.29, 0.717) is 5.52 Å². The number of nitrogens with zero attached hydrogens (tertiary/aromatic N) is 2. The molecule has 1 unspecified atom stereocenters. The zero-order valence-corrected chi connectivity index (χ0v) is 18.8. The first kappa shape index (κ1) is 24.9. The number of halogens is 1. The van der Waals surface area contributed by atoms with Gasteiger partial charge in [-0.1, -0.05) is 38.4 Å². The molecule has 10 heteroatoms. The van der Waals surface area contributed by atoms with Gasteiger partial charge in [0.15, 0.2) is 0 Å². The predicted molar refractivity (Wildman–Crippen MR) is 115 cm³/mol. The number of carboxylic acid groups (broad SMARTS) is 1. The lowest BCUT2D eigenvalue weighted by atomic mass is 10.2. The summed E-state index contributed by atoms with van der Waals surface area (Å²) in [5, 5.41) is 11.6. The van der Waals surface area contributed by atoms with Crippen LogP contribution in [0.25, 0.3) is 10.9 Å². The van der Waals surface area contributed by atoms with Crippen LogP contribution in [-0.2, 0) is 16.4 Å². The monoisotopic (exact) mass is 444 g/mol. The van der Waals surface area contributed by atoms with Crippen LogP contribution in [0.4, 0.5) is 4.79 Å². The van der Waals surface area contributed by atoms with E-state index in [4.69, 9.17) is 16.7 Å². The van der Waals surface area contributed by atoms with Gasteiger partial charge in [-0.3, -0.25) is 9.36 Å². The standard InChI is InChI=1S/C15H18ClN3O5S.C4H9/c1-9(17-15(21)22)13-18-11-6-3-5-10(16)12(11)14(20)19(13)7-4-8-25(2,23)24;1-4(2)3/h3,5-6,9,17H,4,7-8H2,1-2H3,(H,21,22);1-3H3. The highest BCUT2D eigenvalue weighted by molar-refractivity contribution is 7.90. The van der Waals surface area contributed by atoms with Crippen molar-refractivity contribution in [2.45, 2.75) is 46.7 Å². The molecule has 0 saturated carbocycles. The molecule has 0 fully saturated rings. The quantitative estimate of drug-likeness (QED) is 0.704. The molecule has 2 N–H and O–H groups in total. The summed E-state index contributed by atoms with van der Waals surface area (Å²) in [6, 6.07) is 4.06. The summed E-state index contributed by atoms with van der Waals surface area (Å²) in [6.45, 7) is 7.89. The molecule has 0 aliphatic rings. The molecule has 1 heterocycles. The van der Waals surface area contributed by atoms with Crippen molar-refractivity contribution in [3.8, 4) is 0 Å². The minimum absolute atomic E-state index is 0.0844. The van der Waals surface area contributed by atoms with E-state index in [1.165, 1.54) is 10.5 Å². The predicted octanol–water partition coefficient (Wildman–Crippen LogP) is 3.43. The van der Waals surface area contributed by atoms with Crippen LogP contribution in [0, 0.1) is 5.92 Å². The molecule has 161 valence electrons. The van der Waals surface area contributed by atoms with Crippen molar-refractivity contribution in [1.29, 1.82) is 0 Å². The van der Waals surface area contributed by atoms with Gasteiger partial charge in [0.1, 0.15) is 15.7 Å². The van der Waals surface area contributed by atoms with Crippen LogP contribution >= 0.6 is 11.6 Å². The first-order valence-corrected chi connectivity index (χ1v) is 11.4. The summed E-state index contributed by atoms with van der Waals surface area (Å²) in [7, 11) is -3.18. The van der Waals surface area contributed by atoms with Gasteiger partial charge in [0, 0.05) is 12.8 Å². The summed E-state index contributed by atoms with van der Waals surface area (Å²) < 4.78 is 23.9. The van der Waals surface area contributed by atoms with E-state index >= 15 is 0 Å². The number of fused-ring (bicyclic) bond motifs is 1. The van der Waals surface area contributed by atoms with Gasteiger partial charge >= 0.3 is 6.09 Å². The number of amides is 1. The molecule has 0 bridgehead atoms. The van der Waals surface area contributed by atoms with Crippen LogP contribution in [0.5, 0.6) is 0 Å². The zero-order chi connectivity index (χ0) is 22.4. The number of nitrogens with one attached hydrogen (secondary N) is 1. The lowest BCUT2D eigenvalue weighted by Gasteiger charge is -2.18. The summed E-state index contributed by atoms with van der Waals surface area (Å²) in [5.74, 6) is 1.52. The molecule has 1 radical (unpaired) electrons. The molecular weight excluding hydrogens is 418 g/mol. The maximum absolute atomic E-state index is 12.8. The van der Waals surface area contributed by atoms with E-state index in [1.54, 1.807) is 25.1 Å². The van der Waals surface area contributed by atoms with Gasteiger partial charge in [-0.25, -0.2) is 18.2 Å². The Morgan fingerprint density at radius 2 is 1.90 bits per heavy atom. The van der Waals surface area contributed by atoms with Gasteiger partial charge in [-0.15, -0.1) is 0 Å². The molecule has 2 rings (SSSR count). The van der Waals surface area contributed by atoms with Gasteiger partial charge in [-0.2, -0.15) is 0 Å². The second-order valence-electron chi connectivity index (χ2n) is 7.22. The molecule has 1 aromatic carbocycles. The van der Waals surface area contributed by atoms with E-state index < -0.39 is 27.5 Å². The first-order valence-electron chi connectivity index (χ1n) is 8.96. The van der Waals surface area contributed by atoms with Crippen molar-refractivity contribution >= 4 is 38.4 Å². The topological polar surface area (TPSA) is 118 Å². The molecule has 1 aromatic heterocycles. The number of sulfone groups is 1. The lowest BCUT2D eigenvalue weighted by molar-refractivity contribution is 0.190. The zero-order valence-electron chi connectivity index (χ0n) is 17.2. The Bertz CT molecular complexity index is 1020. The second kappa shape index (κ2) is 10.6. The normalized spacial score (nSPS) is 12.4. The average molecular weight is 445 g/mol. The highest BCUT2D eigenvalue weighted by Crippen LogP contribution is 2.21. The molecule has 0 saturated heterocycles. The first-order chi connectivity index (χ1) is 13.3. The highest BCUT2D eigenvalue weighted by atomic mass is 35.5. The number of aromatic nitrogens is 2. The van der Waals surface area contributed by atoms with Crippen molar-refractivity contribution in [1.82, 2.24) is 14.9 Å². The Morgan fingerprint density at radius 3 is 2.41 bits per heavy atom. The number of carbonyl (C=O) groups is 1. The summed E-state index contributed by atoms with van der Waals surface area (Å²) in [6.07, 6.45) is 0.0554. The van der Waals surface area contributed by atoms with Crippen LogP contribution in [0.15, 0.2) is 23.0 Å². The maximum atomic E-state index is 12.8. The van der Waals surface area contributed by atoms with Crippen molar-refractivity contribution in [2.75, 3.05) is 12.0 Å². The largest absolute Gasteiger partial charge is 0.465 e. The number of hydrogen-bond acceptors (Lipinski definition) is 5. The molecule has 8 nitrogen and oxygen atoms in total. The van der Waals surface area contributed by atoms with Gasteiger partial charge in [-0.05, 0) is 31.4 Å². The van der Waals surface area contributed by atoms with E-state index in [1.807, 2.05) is 0 Å². The molecule has 1 amide bonds. The van der Waals surface area contributed by atoms with Crippen molar-refractivity contribution < 1.29 is 18.3 Å². The smallest absolute Gasteiger partial charge is 0.405 e. The van der Waals surface area contributed by atoms with E-state index in [-0.39, 0.29) is 35.0 Å². The Hall–Kier alpha value is -2.13. The molecule has 0 aliphatic carbocycles. The Kier molecular flexibility index (Phi) is 9.10. The molecule has 0 spiro atoms. The van der Waals surface area contributed by atoms with Crippen LogP contribution in [0.1, 0.15) is 46.0 Å². The minimum Gasteiger partial charge on any atom is -0.465 e. The Morgan fingerprint density at radius 1 is 1.31 bits per heavy atom. The summed E-state index contributed by atoms with van der Waals surface area (Å²) in [4.78, 5) is 28.1. The maximum Gasteiger partial charge on any atom is 0.405 e. The Labute approximate surface area is 175 Å². The second-order valence-corrected chi connectivity index (χ2v) is 9.88. The van der Waals surface area contributed by atoms with Crippen molar-refractivity contribution in [2.24, 2.45) is 0 Å². The highest BCUT2D eigenvalue weighted by Gasteiger charge is 2.19. The van der Waals surface area contributed by atoms with Crippen LogP contribution < -0.4 is 10.9 Å².